The van der Waals surface area contributed by atoms with Crippen LogP contribution < -0.4 is 10.6 Å². The van der Waals surface area contributed by atoms with E-state index in [2.05, 4.69) is 58.8 Å². The fourth-order valence-corrected chi connectivity index (χ4v) is 2.83. The summed E-state index contributed by atoms with van der Waals surface area (Å²) < 4.78 is 0. The monoisotopic (exact) mass is 438 g/mol. The van der Waals surface area contributed by atoms with E-state index in [9.17, 15) is 0 Å². The third-order valence-corrected chi connectivity index (χ3v) is 4.32. The highest BCUT2D eigenvalue weighted by Crippen LogP contribution is 2.07. The summed E-state index contributed by atoms with van der Waals surface area (Å²) in [6.07, 6.45) is 2.17. The molecule has 1 rings (SSSR count). The molecular weight excluding hydrogens is 407 g/mol. The quantitative estimate of drug-likeness (QED) is 0.255. The van der Waals surface area contributed by atoms with Crippen molar-refractivity contribution in [2.45, 2.75) is 33.6 Å². The zero-order valence-electron chi connectivity index (χ0n) is 14.1. The van der Waals surface area contributed by atoms with Crippen molar-refractivity contribution in [3.05, 3.63) is 22.4 Å². The average Bonchev–Trinajstić information content (AvgIpc) is 3.00. The first-order chi connectivity index (χ1) is 10.3. The van der Waals surface area contributed by atoms with E-state index in [-0.39, 0.29) is 24.0 Å². The summed E-state index contributed by atoms with van der Waals surface area (Å²) >= 11 is 1.81. The Kier molecular flexibility index (Phi) is 14.0. The number of nitrogens with zero attached hydrogens (tertiary/aromatic N) is 2. The summed E-state index contributed by atoms with van der Waals surface area (Å²) in [5.74, 6) is 0.939. The topological polar surface area (TPSA) is 39.7 Å². The highest BCUT2D eigenvalue weighted by Gasteiger charge is 2.00. The molecule has 0 bridgehead atoms. The van der Waals surface area contributed by atoms with Gasteiger partial charge < -0.3 is 15.5 Å². The molecule has 0 radical (unpaired) electrons. The second-order valence-corrected chi connectivity index (χ2v) is 5.93. The van der Waals surface area contributed by atoms with Gasteiger partial charge in [0.2, 0.25) is 0 Å². The zero-order valence-corrected chi connectivity index (χ0v) is 17.2. The van der Waals surface area contributed by atoms with Gasteiger partial charge in [0.1, 0.15) is 0 Å². The number of hydrogen-bond acceptors (Lipinski definition) is 3. The van der Waals surface area contributed by atoms with Crippen molar-refractivity contribution in [2.75, 3.05) is 39.3 Å². The molecule has 1 aromatic heterocycles. The Hall–Kier alpha value is -0.340. The van der Waals surface area contributed by atoms with Gasteiger partial charge in [-0.2, -0.15) is 0 Å². The summed E-state index contributed by atoms with van der Waals surface area (Å²) in [7, 11) is 0. The molecule has 0 spiro atoms. The number of guanidine groups is 1. The number of hydrogen-bond donors (Lipinski definition) is 2. The molecule has 0 aromatic carbocycles. The van der Waals surface area contributed by atoms with Gasteiger partial charge in [-0.3, -0.25) is 4.99 Å². The molecule has 0 fully saturated rings. The maximum absolute atomic E-state index is 4.64. The summed E-state index contributed by atoms with van der Waals surface area (Å²) in [6.45, 7) is 12.6. The minimum absolute atomic E-state index is 0. The Labute approximate surface area is 156 Å². The molecule has 1 heterocycles. The van der Waals surface area contributed by atoms with Crippen molar-refractivity contribution in [1.82, 2.24) is 15.5 Å². The second kappa shape index (κ2) is 14.3. The van der Waals surface area contributed by atoms with Gasteiger partial charge in [0, 0.05) is 24.5 Å². The smallest absolute Gasteiger partial charge is 0.191 e. The lowest BCUT2D eigenvalue weighted by Gasteiger charge is -2.17. The Balaban J connectivity index is 0.00000441. The van der Waals surface area contributed by atoms with Crippen LogP contribution in [0.25, 0.3) is 0 Å². The van der Waals surface area contributed by atoms with Gasteiger partial charge >= 0.3 is 0 Å². The van der Waals surface area contributed by atoms with Crippen LogP contribution in [0.5, 0.6) is 0 Å². The SMILES string of the molecule is CCNC(=NCCCN(CC)CC)NCCc1cccs1.I. The largest absolute Gasteiger partial charge is 0.357 e. The fraction of sp³-hybridized carbons (Fsp3) is 0.688. The van der Waals surface area contributed by atoms with E-state index in [1.54, 1.807) is 0 Å². The van der Waals surface area contributed by atoms with E-state index in [1.807, 2.05) is 11.3 Å². The molecule has 0 aliphatic rings. The van der Waals surface area contributed by atoms with Gasteiger partial charge in [0.05, 0.1) is 0 Å². The van der Waals surface area contributed by atoms with Crippen molar-refractivity contribution >= 4 is 41.3 Å². The van der Waals surface area contributed by atoms with Gasteiger partial charge in [-0.15, -0.1) is 35.3 Å². The Morgan fingerprint density at radius 3 is 2.59 bits per heavy atom. The lowest BCUT2D eigenvalue weighted by atomic mass is 10.3. The van der Waals surface area contributed by atoms with Crippen molar-refractivity contribution < 1.29 is 0 Å². The highest BCUT2D eigenvalue weighted by molar-refractivity contribution is 14.0. The third kappa shape index (κ3) is 9.63. The summed E-state index contributed by atoms with van der Waals surface area (Å²) in [5.41, 5.74) is 0. The maximum Gasteiger partial charge on any atom is 0.191 e. The molecule has 0 amide bonds. The molecule has 22 heavy (non-hydrogen) atoms. The first-order valence-electron chi connectivity index (χ1n) is 8.07. The molecule has 0 aliphatic heterocycles. The van der Waals surface area contributed by atoms with Crippen LogP contribution >= 0.6 is 35.3 Å². The van der Waals surface area contributed by atoms with Gasteiger partial charge in [0.15, 0.2) is 5.96 Å². The zero-order chi connectivity index (χ0) is 15.3. The van der Waals surface area contributed by atoms with E-state index in [4.69, 9.17) is 0 Å². The van der Waals surface area contributed by atoms with E-state index in [1.165, 1.54) is 4.88 Å². The Morgan fingerprint density at radius 2 is 2.00 bits per heavy atom. The molecule has 6 heteroatoms. The lowest BCUT2D eigenvalue weighted by Crippen LogP contribution is -2.38. The molecule has 0 unspecified atom stereocenters. The summed E-state index contributed by atoms with van der Waals surface area (Å²) in [6, 6.07) is 4.28. The summed E-state index contributed by atoms with van der Waals surface area (Å²) in [4.78, 5) is 8.50. The number of thiophene rings is 1. The van der Waals surface area contributed by atoms with Crippen molar-refractivity contribution in [2.24, 2.45) is 4.99 Å². The van der Waals surface area contributed by atoms with Gasteiger partial charge in [-0.05, 0) is 50.8 Å². The molecule has 0 aliphatic carbocycles. The minimum atomic E-state index is 0. The number of halogens is 1. The van der Waals surface area contributed by atoms with Crippen LogP contribution in [0.4, 0.5) is 0 Å². The predicted molar refractivity (Wildman–Crippen MR) is 110 cm³/mol. The number of aliphatic imine (C=N–C) groups is 1. The van der Waals surface area contributed by atoms with Gasteiger partial charge in [0.25, 0.3) is 0 Å². The van der Waals surface area contributed by atoms with E-state index in [0.29, 0.717) is 0 Å². The van der Waals surface area contributed by atoms with Crippen LogP contribution in [-0.2, 0) is 6.42 Å². The molecule has 4 nitrogen and oxygen atoms in total. The lowest BCUT2D eigenvalue weighted by molar-refractivity contribution is 0.302. The van der Waals surface area contributed by atoms with Crippen LogP contribution in [0.3, 0.4) is 0 Å². The fourth-order valence-electron chi connectivity index (χ4n) is 2.13. The number of rotatable bonds is 10. The highest BCUT2D eigenvalue weighted by atomic mass is 127. The molecular formula is C16H31IN4S. The van der Waals surface area contributed by atoms with Crippen molar-refractivity contribution in [1.29, 1.82) is 0 Å². The third-order valence-electron chi connectivity index (χ3n) is 3.38. The standard InChI is InChI=1S/C16H30N4S.HI/c1-4-17-16(18-11-8-13-20(5-2)6-3)19-12-10-15-9-7-14-21-15;/h7,9,14H,4-6,8,10-13H2,1-3H3,(H2,17,18,19);1H. The van der Waals surface area contributed by atoms with E-state index in [0.717, 1.165) is 58.1 Å². The normalized spacial score (nSPS) is 11.4. The first kappa shape index (κ1) is 21.7. The van der Waals surface area contributed by atoms with Crippen LogP contribution in [-0.4, -0.2) is 50.1 Å². The number of nitrogens with one attached hydrogen (secondary N) is 2. The summed E-state index contributed by atoms with van der Waals surface area (Å²) in [5, 5.41) is 8.84. The molecule has 128 valence electrons. The van der Waals surface area contributed by atoms with Crippen LogP contribution in [0.15, 0.2) is 22.5 Å². The van der Waals surface area contributed by atoms with Crippen LogP contribution in [0.1, 0.15) is 32.1 Å². The van der Waals surface area contributed by atoms with Gasteiger partial charge in [-0.1, -0.05) is 19.9 Å². The average molecular weight is 438 g/mol. The maximum atomic E-state index is 4.64. The minimum Gasteiger partial charge on any atom is -0.357 e. The van der Waals surface area contributed by atoms with Gasteiger partial charge in [-0.25, -0.2) is 0 Å². The molecule has 1 aromatic rings. The van der Waals surface area contributed by atoms with Crippen LogP contribution in [0.2, 0.25) is 0 Å². The van der Waals surface area contributed by atoms with E-state index >= 15 is 0 Å². The molecule has 2 N–H and O–H groups in total. The molecule has 0 saturated carbocycles. The predicted octanol–water partition coefficient (Wildman–Crippen LogP) is 3.20. The van der Waals surface area contributed by atoms with Crippen molar-refractivity contribution in [3.8, 4) is 0 Å². The van der Waals surface area contributed by atoms with Crippen LogP contribution in [0, 0.1) is 0 Å². The van der Waals surface area contributed by atoms with Crippen molar-refractivity contribution in [3.63, 3.8) is 0 Å². The Bertz CT molecular complexity index is 378. The molecule has 0 atom stereocenters. The molecule has 0 saturated heterocycles. The second-order valence-electron chi connectivity index (χ2n) is 4.90. The Morgan fingerprint density at radius 1 is 1.23 bits per heavy atom. The first-order valence-corrected chi connectivity index (χ1v) is 8.95. The van der Waals surface area contributed by atoms with E-state index < -0.39 is 0 Å².